The third-order valence-electron chi connectivity index (χ3n) is 3.63. The van der Waals surface area contributed by atoms with E-state index in [1.54, 1.807) is 0 Å². The average Bonchev–Trinajstić information content (AvgIpc) is 2.19. The molecule has 1 nitrogen and oxygen atoms in total. The summed E-state index contributed by atoms with van der Waals surface area (Å²) in [5.41, 5.74) is 6.07. The topological polar surface area (TPSA) is 26.0 Å². The van der Waals surface area contributed by atoms with Crippen LogP contribution in [-0.4, -0.2) is 6.04 Å². The zero-order chi connectivity index (χ0) is 10.4. The van der Waals surface area contributed by atoms with Gasteiger partial charge in [0.2, 0.25) is 0 Å². The number of nitrogens with two attached hydrogens (primary N) is 1. The Bertz CT molecular complexity index is 157. The van der Waals surface area contributed by atoms with E-state index in [2.05, 4.69) is 13.5 Å². The molecule has 2 atom stereocenters. The molecule has 1 rings (SSSR count). The standard InChI is InChI=1S/C13H25N/c1-3-4-10-13(11(2)14)12-8-6-5-7-9-12/h3,11-13H,1,4-10,14H2,2H3. The molecule has 0 bridgehead atoms. The van der Waals surface area contributed by atoms with Gasteiger partial charge in [-0.2, -0.15) is 0 Å². The molecule has 1 aliphatic rings. The summed E-state index contributed by atoms with van der Waals surface area (Å²) in [6.07, 6.45) is 11.5. The quantitative estimate of drug-likeness (QED) is 0.668. The van der Waals surface area contributed by atoms with Crippen LogP contribution in [0.1, 0.15) is 51.9 Å². The predicted octanol–water partition coefficient (Wildman–Crippen LogP) is 3.50. The van der Waals surface area contributed by atoms with Crippen LogP contribution in [0.2, 0.25) is 0 Å². The average molecular weight is 195 g/mol. The second-order valence-electron chi connectivity index (χ2n) is 4.79. The van der Waals surface area contributed by atoms with E-state index in [9.17, 15) is 0 Å². The fourth-order valence-corrected chi connectivity index (χ4v) is 2.80. The molecule has 0 amide bonds. The molecule has 0 saturated heterocycles. The summed E-state index contributed by atoms with van der Waals surface area (Å²) < 4.78 is 0. The van der Waals surface area contributed by atoms with E-state index in [0.717, 1.165) is 18.3 Å². The van der Waals surface area contributed by atoms with Crippen molar-refractivity contribution >= 4 is 0 Å². The van der Waals surface area contributed by atoms with Gasteiger partial charge in [-0.3, -0.25) is 0 Å². The summed E-state index contributed by atoms with van der Waals surface area (Å²) in [6.45, 7) is 5.97. The minimum atomic E-state index is 0.359. The highest BCUT2D eigenvalue weighted by Crippen LogP contribution is 2.33. The Morgan fingerprint density at radius 2 is 2.00 bits per heavy atom. The zero-order valence-corrected chi connectivity index (χ0v) is 9.54. The van der Waals surface area contributed by atoms with Gasteiger partial charge < -0.3 is 5.73 Å². The van der Waals surface area contributed by atoms with Crippen LogP contribution in [0.15, 0.2) is 12.7 Å². The maximum Gasteiger partial charge on any atom is 0.00415 e. The molecule has 0 aliphatic heterocycles. The van der Waals surface area contributed by atoms with Gasteiger partial charge in [-0.1, -0.05) is 38.2 Å². The highest BCUT2D eigenvalue weighted by Gasteiger charge is 2.25. The van der Waals surface area contributed by atoms with Gasteiger partial charge in [0.1, 0.15) is 0 Å². The second kappa shape index (κ2) is 6.23. The Balaban J connectivity index is 2.42. The third kappa shape index (κ3) is 3.45. The molecular formula is C13H25N. The van der Waals surface area contributed by atoms with Crippen molar-refractivity contribution in [1.82, 2.24) is 0 Å². The van der Waals surface area contributed by atoms with Crippen LogP contribution >= 0.6 is 0 Å². The summed E-state index contributed by atoms with van der Waals surface area (Å²) in [7, 11) is 0. The van der Waals surface area contributed by atoms with E-state index in [1.165, 1.54) is 38.5 Å². The minimum Gasteiger partial charge on any atom is -0.328 e. The van der Waals surface area contributed by atoms with Crippen molar-refractivity contribution in [1.29, 1.82) is 0 Å². The van der Waals surface area contributed by atoms with Crippen LogP contribution in [0.25, 0.3) is 0 Å². The van der Waals surface area contributed by atoms with Crippen molar-refractivity contribution in [2.75, 3.05) is 0 Å². The van der Waals surface area contributed by atoms with Gasteiger partial charge in [0.15, 0.2) is 0 Å². The Labute approximate surface area is 88.8 Å². The van der Waals surface area contributed by atoms with Crippen molar-refractivity contribution in [3.63, 3.8) is 0 Å². The van der Waals surface area contributed by atoms with Gasteiger partial charge in [0.25, 0.3) is 0 Å². The van der Waals surface area contributed by atoms with E-state index in [1.807, 2.05) is 6.08 Å². The summed E-state index contributed by atoms with van der Waals surface area (Å²) in [6, 6.07) is 0.359. The first-order chi connectivity index (χ1) is 6.75. The molecule has 2 unspecified atom stereocenters. The van der Waals surface area contributed by atoms with E-state index >= 15 is 0 Å². The van der Waals surface area contributed by atoms with Crippen LogP contribution in [0.3, 0.4) is 0 Å². The van der Waals surface area contributed by atoms with Gasteiger partial charge in [-0.25, -0.2) is 0 Å². The van der Waals surface area contributed by atoms with Crippen LogP contribution < -0.4 is 5.73 Å². The number of rotatable bonds is 5. The lowest BCUT2D eigenvalue weighted by Gasteiger charge is -2.32. The van der Waals surface area contributed by atoms with Crippen LogP contribution in [-0.2, 0) is 0 Å². The highest BCUT2D eigenvalue weighted by atomic mass is 14.6. The van der Waals surface area contributed by atoms with Crippen LogP contribution in [0.5, 0.6) is 0 Å². The number of allylic oxidation sites excluding steroid dienone is 1. The number of hydrogen-bond donors (Lipinski definition) is 1. The molecule has 14 heavy (non-hydrogen) atoms. The molecule has 0 heterocycles. The van der Waals surface area contributed by atoms with Crippen molar-refractivity contribution in [3.05, 3.63) is 12.7 Å². The maximum absolute atomic E-state index is 6.07. The van der Waals surface area contributed by atoms with Gasteiger partial charge in [0, 0.05) is 6.04 Å². The minimum absolute atomic E-state index is 0.359. The highest BCUT2D eigenvalue weighted by molar-refractivity contribution is 4.81. The summed E-state index contributed by atoms with van der Waals surface area (Å²) in [5.74, 6) is 1.62. The first-order valence-electron chi connectivity index (χ1n) is 6.12. The molecule has 0 aromatic carbocycles. The molecule has 2 N–H and O–H groups in total. The van der Waals surface area contributed by atoms with E-state index in [-0.39, 0.29) is 0 Å². The maximum atomic E-state index is 6.07. The molecule has 0 spiro atoms. The Morgan fingerprint density at radius 1 is 1.36 bits per heavy atom. The Hall–Kier alpha value is -0.300. The molecule has 82 valence electrons. The SMILES string of the molecule is C=CCCC(C(C)N)C1CCCCC1. The lowest BCUT2D eigenvalue weighted by atomic mass is 9.75. The first-order valence-corrected chi connectivity index (χ1v) is 6.12. The fourth-order valence-electron chi connectivity index (χ4n) is 2.80. The molecule has 0 radical (unpaired) electrons. The predicted molar refractivity (Wildman–Crippen MR) is 63.1 cm³/mol. The largest absolute Gasteiger partial charge is 0.328 e. The summed E-state index contributed by atoms with van der Waals surface area (Å²) >= 11 is 0. The van der Waals surface area contributed by atoms with Gasteiger partial charge in [-0.15, -0.1) is 6.58 Å². The first kappa shape index (κ1) is 11.8. The monoisotopic (exact) mass is 195 g/mol. The second-order valence-corrected chi connectivity index (χ2v) is 4.79. The van der Waals surface area contributed by atoms with Crippen molar-refractivity contribution in [2.24, 2.45) is 17.6 Å². The lowest BCUT2D eigenvalue weighted by molar-refractivity contribution is 0.211. The molecule has 1 heteroatoms. The lowest BCUT2D eigenvalue weighted by Crippen LogP contribution is -2.33. The van der Waals surface area contributed by atoms with Gasteiger partial charge >= 0.3 is 0 Å². The molecule has 1 aliphatic carbocycles. The number of hydrogen-bond acceptors (Lipinski definition) is 1. The molecule has 1 fully saturated rings. The molecule has 1 saturated carbocycles. The van der Waals surface area contributed by atoms with E-state index in [0.29, 0.717) is 6.04 Å². The van der Waals surface area contributed by atoms with Crippen LogP contribution in [0, 0.1) is 11.8 Å². The molecule has 0 aromatic rings. The molecular weight excluding hydrogens is 170 g/mol. The van der Waals surface area contributed by atoms with Crippen molar-refractivity contribution in [3.8, 4) is 0 Å². The normalized spacial score (nSPS) is 23.0. The summed E-state index contributed by atoms with van der Waals surface area (Å²) in [5, 5.41) is 0. The third-order valence-corrected chi connectivity index (χ3v) is 3.63. The van der Waals surface area contributed by atoms with E-state index < -0.39 is 0 Å². The van der Waals surface area contributed by atoms with Gasteiger partial charge in [0.05, 0.1) is 0 Å². The Kier molecular flexibility index (Phi) is 5.24. The van der Waals surface area contributed by atoms with Crippen LogP contribution in [0.4, 0.5) is 0 Å². The zero-order valence-electron chi connectivity index (χ0n) is 9.54. The van der Waals surface area contributed by atoms with Crippen molar-refractivity contribution in [2.45, 2.75) is 57.9 Å². The smallest absolute Gasteiger partial charge is 0.00415 e. The van der Waals surface area contributed by atoms with E-state index in [4.69, 9.17) is 5.73 Å². The Morgan fingerprint density at radius 3 is 2.50 bits per heavy atom. The molecule has 0 aromatic heterocycles. The van der Waals surface area contributed by atoms with Crippen molar-refractivity contribution < 1.29 is 0 Å². The summed E-state index contributed by atoms with van der Waals surface area (Å²) in [4.78, 5) is 0. The fraction of sp³-hybridized carbons (Fsp3) is 0.846. The van der Waals surface area contributed by atoms with Gasteiger partial charge in [-0.05, 0) is 31.6 Å².